The van der Waals surface area contributed by atoms with Gasteiger partial charge in [0.15, 0.2) is 5.13 Å². The summed E-state index contributed by atoms with van der Waals surface area (Å²) in [5.74, 6) is -0.606. The summed E-state index contributed by atoms with van der Waals surface area (Å²) >= 11 is 7.14. The maximum Gasteiger partial charge on any atom is 0.254 e. The van der Waals surface area contributed by atoms with Crippen LogP contribution in [-0.4, -0.2) is 72.4 Å². The van der Waals surface area contributed by atoms with Crippen molar-refractivity contribution in [1.82, 2.24) is 14.8 Å². The van der Waals surface area contributed by atoms with Crippen molar-refractivity contribution in [3.63, 3.8) is 0 Å². The highest BCUT2D eigenvalue weighted by atomic mass is 35.5. The average molecular weight is 465 g/mol. The summed E-state index contributed by atoms with van der Waals surface area (Å²) in [7, 11) is 1.53. The highest BCUT2D eigenvalue weighted by Crippen LogP contribution is 2.18. The second kappa shape index (κ2) is 11.2. The molecule has 0 aliphatic carbocycles. The summed E-state index contributed by atoms with van der Waals surface area (Å²) in [5.41, 5.74) is 1.07. The molecule has 3 rings (SSSR count). The third-order valence-electron chi connectivity index (χ3n) is 4.87. The van der Waals surface area contributed by atoms with Gasteiger partial charge in [0.1, 0.15) is 6.54 Å². The van der Waals surface area contributed by atoms with E-state index in [1.165, 1.54) is 23.3 Å². The van der Waals surface area contributed by atoms with Gasteiger partial charge in [0, 0.05) is 42.7 Å². The zero-order chi connectivity index (χ0) is 22.2. The summed E-state index contributed by atoms with van der Waals surface area (Å²) in [6, 6.07) is 6.49. The fraction of sp³-hybridized carbons (Fsp3) is 0.429. The zero-order valence-electron chi connectivity index (χ0n) is 17.3. The molecule has 0 spiro atoms. The number of carbonyl (C=O) groups excluding carboxylic acids is 3. The minimum absolute atomic E-state index is 0.0555. The topological polar surface area (TPSA) is 91.8 Å². The van der Waals surface area contributed by atoms with Gasteiger partial charge in [-0.1, -0.05) is 11.6 Å². The zero-order valence-corrected chi connectivity index (χ0v) is 18.9. The van der Waals surface area contributed by atoms with Crippen molar-refractivity contribution in [1.29, 1.82) is 0 Å². The lowest BCUT2D eigenvalue weighted by Crippen LogP contribution is -2.40. The molecule has 31 heavy (non-hydrogen) atoms. The molecule has 1 aliphatic heterocycles. The molecule has 166 valence electrons. The lowest BCUT2D eigenvalue weighted by molar-refractivity contribution is -0.129. The van der Waals surface area contributed by atoms with Gasteiger partial charge in [0.2, 0.25) is 11.8 Å². The number of nitrogens with zero attached hydrogens (tertiary/aromatic N) is 3. The van der Waals surface area contributed by atoms with E-state index in [1.54, 1.807) is 29.6 Å². The molecule has 0 radical (unpaired) electrons. The smallest absolute Gasteiger partial charge is 0.254 e. The molecule has 3 amide bonds. The molecule has 2 aromatic rings. The normalized spacial score (nSPS) is 13.3. The highest BCUT2D eigenvalue weighted by molar-refractivity contribution is 7.13. The SMILES string of the molecule is COCCN(CC(=O)Nc1nc(CC(=O)N2CCCC2)cs1)C(=O)c1ccc(Cl)cc1. The van der Waals surface area contributed by atoms with Crippen molar-refractivity contribution in [3.05, 3.63) is 45.9 Å². The maximum absolute atomic E-state index is 12.8. The summed E-state index contributed by atoms with van der Waals surface area (Å²) in [6.45, 7) is 2.01. The Bertz CT molecular complexity index is 912. The number of methoxy groups -OCH3 is 1. The largest absolute Gasteiger partial charge is 0.383 e. The van der Waals surface area contributed by atoms with Crippen LogP contribution in [0.3, 0.4) is 0 Å². The van der Waals surface area contributed by atoms with Crippen LogP contribution in [0.1, 0.15) is 28.9 Å². The highest BCUT2D eigenvalue weighted by Gasteiger charge is 2.21. The predicted molar refractivity (Wildman–Crippen MR) is 119 cm³/mol. The van der Waals surface area contributed by atoms with Crippen molar-refractivity contribution in [2.45, 2.75) is 19.3 Å². The molecule has 10 heteroatoms. The summed E-state index contributed by atoms with van der Waals surface area (Å²) in [5, 5.41) is 5.42. The number of benzene rings is 1. The molecule has 8 nitrogen and oxygen atoms in total. The number of carbonyl (C=O) groups is 3. The molecule has 1 fully saturated rings. The first-order valence-corrected chi connectivity index (χ1v) is 11.3. The maximum atomic E-state index is 12.8. The number of hydrogen-bond donors (Lipinski definition) is 1. The number of nitrogens with one attached hydrogen (secondary N) is 1. The molecule has 2 heterocycles. The van der Waals surface area contributed by atoms with Crippen molar-refractivity contribution < 1.29 is 19.1 Å². The molecular formula is C21H25ClN4O4S. The van der Waals surface area contributed by atoms with Gasteiger partial charge < -0.3 is 19.9 Å². The van der Waals surface area contributed by atoms with Crippen molar-refractivity contribution >= 4 is 45.8 Å². The predicted octanol–water partition coefficient (Wildman–Crippen LogP) is 2.69. The van der Waals surface area contributed by atoms with Gasteiger partial charge in [-0.05, 0) is 37.1 Å². The van der Waals surface area contributed by atoms with Crippen molar-refractivity contribution in [2.24, 2.45) is 0 Å². The lowest BCUT2D eigenvalue weighted by atomic mass is 10.2. The van der Waals surface area contributed by atoms with E-state index in [0.29, 0.717) is 28.0 Å². The van der Waals surface area contributed by atoms with E-state index < -0.39 is 0 Å². The summed E-state index contributed by atoms with van der Waals surface area (Å²) in [6.07, 6.45) is 2.30. The van der Waals surface area contributed by atoms with Gasteiger partial charge in [0.05, 0.1) is 18.7 Å². The second-order valence-corrected chi connectivity index (χ2v) is 8.48. The van der Waals surface area contributed by atoms with Crippen LogP contribution in [0.2, 0.25) is 5.02 Å². The number of thiazole rings is 1. The number of rotatable bonds is 9. The Morgan fingerprint density at radius 1 is 1.23 bits per heavy atom. The molecule has 1 aliphatic rings. The fourth-order valence-corrected chi connectivity index (χ4v) is 4.09. The molecule has 1 aromatic heterocycles. The van der Waals surface area contributed by atoms with Gasteiger partial charge >= 0.3 is 0 Å². The minimum Gasteiger partial charge on any atom is -0.383 e. The first-order chi connectivity index (χ1) is 15.0. The molecule has 0 bridgehead atoms. The van der Waals surface area contributed by atoms with E-state index in [1.807, 2.05) is 4.90 Å². The molecule has 1 N–H and O–H groups in total. The third kappa shape index (κ3) is 6.75. The quantitative estimate of drug-likeness (QED) is 0.616. The van der Waals surface area contributed by atoms with Crippen LogP contribution in [0.4, 0.5) is 5.13 Å². The van der Waals surface area contributed by atoms with Gasteiger partial charge in [-0.3, -0.25) is 14.4 Å². The van der Waals surface area contributed by atoms with Crippen LogP contribution in [0, 0.1) is 0 Å². The number of ether oxygens (including phenoxy) is 1. The number of likely N-dealkylation sites (tertiary alicyclic amines) is 1. The third-order valence-corrected chi connectivity index (χ3v) is 5.93. The fourth-order valence-electron chi connectivity index (χ4n) is 3.24. The Labute approximate surface area is 190 Å². The van der Waals surface area contributed by atoms with Crippen molar-refractivity contribution in [3.8, 4) is 0 Å². The number of aromatic nitrogens is 1. The van der Waals surface area contributed by atoms with E-state index in [0.717, 1.165) is 25.9 Å². The van der Waals surface area contributed by atoms with Crippen LogP contribution < -0.4 is 5.32 Å². The summed E-state index contributed by atoms with van der Waals surface area (Å²) < 4.78 is 5.07. The minimum atomic E-state index is -0.370. The van der Waals surface area contributed by atoms with Crippen LogP contribution >= 0.6 is 22.9 Å². The molecule has 0 unspecified atom stereocenters. The van der Waals surface area contributed by atoms with E-state index in [9.17, 15) is 14.4 Å². The van der Waals surface area contributed by atoms with Gasteiger partial charge in [-0.15, -0.1) is 11.3 Å². The van der Waals surface area contributed by atoms with E-state index in [-0.39, 0.29) is 37.2 Å². The number of amides is 3. The Hall–Kier alpha value is -2.49. The Kier molecular flexibility index (Phi) is 8.39. The average Bonchev–Trinajstić information content (AvgIpc) is 3.43. The van der Waals surface area contributed by atoms with Crippen LogP contribution in [0.5, 0.6) is 0 Å². The van der Waals surface area contributed by atoms with E-state index in [2.05, 4.69) is 10.3 Å². The molecule has 0 saturated carbocycles. The van der Waals surface area contributed by atoms with Crippen LogP contribution in [0.25, 0.3) is 0 Å². The van der Waals surface area contributed by atoms with Crippen LogP contribution in [-0.2, 0) is 20.7 Å². The van der Waals surface area contributed by atoms with Crippen LogP contribution in [0.15, 0.2) is 29.6 Å². The molecule has 1 aromatic carbocycles. The number of hydrogen-bond acceptors (Lipinski definition) is 6. The first-order valence-electron chi connectivity index (χ1n) is 10.0. The lowest BCUT2D eigenvalue weighted by Gasteiger charge is -2.21. The Balaban J connectivity index is 1.57. The van der Waals surface area contributed by atoms with E-state index in [4.69, 9.17) is 16.3 Å². The molecule has 0 atom stereocenters. The van der Waals surface area contributed by atoms with Gasteiger partial charge in [-0.2, -0.15) is 0 Å². The summed E-state index contributed by atoms with van der Waals surface area (Å²) in [4.78, 5) is 45.2. The van der Waals surface area contributed by atoms with Gasteiger partial charge in [-0.25, -0.2) is 4.98 Å². The number of halogens is 1. The van der Waals surface area contributed by atoms with Gasteiger partial charge in [0.25, 0.3) is 5.91 Å². The monoisotopic (exact) mass is 464 g/mol. The number of anilines is 1. The Morgan fingerprint density at radius 2 is 1.94 bits per heavy atom. The second-order valence-electron chi connectivity index (χ2n) is 7.18. The molecule has 1 saturated heterocycles. The van der Waals surface area contributed by atoms with E-state index >= 15 is 0 Å². The van der Waals surface area contributed by atoms with Crippen molar-refractivity contribution in [2.75, 3.05) is 45.2 Å². The molecular weight excluding hydrogens is 440 g/mol. The standard InChI is InChI=1S/C21H25ClN4O4S/c1-30-11-10-26(20(29)15-4-6-16(22)7-5-15)13-18(27)24-21-23-17(14-31-21)12-19(28)25-8-2-3-9-25/h4-7,14H,2-3,8-13H2,1H3,(H,23,24,27). The Morgan fingerprint density at radius 3 is 2.61 bits per heavy atom. The first kappa shape index (κ1) is 23.2.